The molecule has 16 heavy (non-hydrogen) atoms. The highest BCUT2D eigenvalue weighted by Gasteiger charge is 1.98. The summed E-state index contributed by atoms with van der Waals surface area (Å²) in [6.07, 6.45) is 5.29. The van der Waals surface area contributed by atoms with Crippen molar-refractivity contribution in [1.82, 2.24) is 9.78 Å². The van der Waals surface area contributed by atoms with E-state index < -0.39 is 0 Å². The highest BCUT2D eigenvalue weighted by atomic mass is 16.1. The van der Waals surface area contributed by atoms with E-state index in [-0.39, 0.29) is 0 Å². The second-order valence-electron chi connectivity index (χ2n) is 3.54. The minimum absolute atomic E-state index is 0.377. The molecular formula is C12H11N3O. The van der Waals surface area contributed by atoms with Crippen LogP contribution in [0.2, 0.25) is 0 Å². The molecule has 80 valence electrons. The van der Waals surface area contributed by atoms with Crippen molar-refractivity contribution in [2.24, 2.45) is 4.99 Å². The Bertz CT molecular complexity index is 521. The van der Waals surface area contributed by atoms with E-state index >= 15 is 0 Å². The standard InChI is InChI=1S/C12H11N3O/c1-10-6-14-15(8-10)12-4-2-11(3-5-12)7-13-9-16/h2-6,8H,7H2,1H3. The Hall–Kier alpha value is -2.19. The number of aryl methyl sites for hydroxylation is 1. The molecule has 0 bridgehead atoms. The molecule has 0 saturated carbocycles. The number of isocyanates is 1. The number of nitrogens with zero attached hydrogens (tertiary/aromatic N) is 3. The van der Waals surface area contributed by atoms with Crippen LogP contribution in [0.4, 0.5) is 0 Å². The van der Waals surface area contributed by atoms with Gasteiger partial charge in [0, 0.05) is 6.20 Å². The van der Waals surface area contributed by atoms with Crippen LogP contribution >= 0.6 is 0 Å². The summed E-state index contributed by atoms with van der Waals surface area (Å²) in [5.41, 5.74) is 3.09. The zero-order chi connectivity index (χ0) is 11.4. The maximum absolute atomic E-state index is 9.96. The molecule has 1 aromatic carbocycles. The fourth-order valence-corrected chi connectivity index (χ4v) is 1.43. The van der Waals surface area contributed by atoms with Crippen LogP contribution in [0, 0.1) is 6.92 Å². The average Bonchev–Trinajstić information content (AvgIpc) is 2.74. The van der Waals surface area contributed by atoms with Crippen molar-refractivity contribution < 1.29 is 4.79 Å². The lowest BCUT2D eigenvalue weighted by Gasteiger charge is -2.01. The van der Waals surface area contributed by atoms with Crippen LogP contribution < -0.4 is 0 Å². The molecule has 0 spiro atoms. The van der Waals surface area contributed by atoms with Crippen molar-refractivity contribution in [3.05, 3.63) is 47.8 Å². The Morgan fingerprint density at radius 3 is 2.69 bits per heavy atom. The number of aromatic nitrogens is 2. The molecule has 0 fully saturated rings. The Morgan fingerprint density at radius 1 is 1.38 bits per heavy atom. The summed E-state index contributed by atoms with van der Waals surface area (Å²) in [6.45, 7) is 2.37. The number of hydrogen-bond donors (Lipinski definition) is 0. The highest BCUT2D eigenvalue weighted by molar-refractivity contribution is 5.36. The first-order valence-corrected chi connectivity index (χ1v) is 4.94. The molecule has 0 aliphatic rings. The fourth-order valence-electron chi connectivity index (χ4n) is 1.43. The molecule has 0 saturated heterocycles. The van der Waals surface area contributed by atoms with Crippen molar-refractivity contribution >= 4 is 6.08 Å². The highest BCUT2D eigenvalue weighted by Crippen LogP contribution is 2.10. The molecular weight excluding hydrogens is 202 g/mol. The van der Waals surface area contributed by atoms with Gasteiger partial charge in [0.05, 0.1) is 18.4 Å². The largest absolute Gasteiger partial charge is 0.241 e. The van der Waals surface area contributed by atoms with Crippen LogP contribution in [-0.4, -0.2) is 15.9 Å². The average molecular weight is 213 g/mol. The Kier molecular flexibility index (Phi) is 2.94. The minimum Gasteiger partial charge on any atom is -0.241 e. The van der Waals surface area contributed by atoms with Gasteiger partial charge in [0.2, 0.25) is 6.08 Å². The Labute approximate surface area is 93.2 Å². The first-order chi connectivity index (χ1) is 7.79. The maximum Gasteiger partial charge on any atom is 0.235 e. The van der Waals surface area contributed by atoms with Gasteiger partial charge in [-0.2, -0.15) is 5.10 Å². The monoisotopic (exact) mass is 213 g/mol. The molecule has 4 nitrogen and oxygen atoms in total. The van der Waals surface area contributed by atoms with Crippen LogP contribution in [0.25, 0.3) is 5.69 Å². The van der Waals surface area contributed by atoms with Crippen molar-refractivity contribution in [3.63, 3.8) is 0 Å². The molecule has 0 atom stereocenters. The summed E-state index contributed by atoms with van der Waals surface area (Å²) >= 11 is 0. The van der Waals surface area contributed by atoms with Crippen LogP contribution in [0.15, 0.2) is 41.7 Å². The lowest BCUT2D eigenvalue weighted by Crippen LogP contribution is -1.94. The van der Waals surface area contributed by atoms with Gasteiger partial charge in [-0.05, 0) is 30.2 Å². The molecule has 0 unspecified atom stereocenters. The molecule has 4 heteroatoms. The normalized spacial score (nSPS) is 9.81. The van der Waals surface area contributed by atoms with Gasteiger partial charge in [-0.1, -0.05) is 12.1 Å². The van der Waals surface area contributed by atoms with E-state index in [0.717, 1.165) is 16.8 Å². The van der Waals surface area contributed by atoms with E-state index in [4.69, 9.17) is 0 Å². The van der Waals surface area contributed by atoms with Crippen molar-refractivity contribution in [3.8, 4) is 5.69 Å². The molecule has 0 amide bonds. The van der Waals surface area contributed by atoms with Crippen molar-refractivity contribution in [1.29, 1.82) is 0 Å². The van der Waals surface area contributed by atoms with Gasteiger partial charge in [0.25, 0.3) is 0 Å². The summed E-state index contributed by atoms with van der Waals surface area (Å²) < 4.78 is 1.81. The van der Waals surface area contributed by atoms with Gasteiger partial charge in [-0.3, -0.25) is 0 Å². The van der Waals surface area contributed by atoms with Gasteiger partial charge in [-0.25, -0.2) is 14.5 Å². The smallest absolute Gasteiger partial charge is 0.235 e. The van der Waals surface area contributed by atoms with Crippen molar-refractivity contribution in [2.45, 2.75) is 13.5 Å². The minimum atomic E-state index is 0.377. The first-order valence-electron chi connectivity index (χ1n) is 4.94. The summed E-state index contributed by atoms with van der Waals surface area (Å²) in [6, 6.07) is 7.74. The Morgan fingerprint density at radius 2 is 2.12 bits per heavy atom. The third-order valence-electron chi connectivity index (χ3n) is 2.24. The second-order valence-corrected chi connectivity index (χ2v) is 3.54. The van der Waals surface area contributed by atoms with Crippen LogP contribution in [0.5, 0.6) is 0 Å². The van der Waals surface area contributed by atoms with Crippen LogP contribution in [0.3, 0.4) is 0 Å². The lowest BCUT2D eigenvalue weighted by molar-refractivity contribution is 0.563. The number of benzene rings is 1. The van der Waals surface area contributed by atoms with E-state index in [1.807, 2.05) is 48.3 Å². The Balaban J connectivity index is 2.22. The summed E-state index contributed by atoms with van der Waals surface area (Å²) in [4.78, 5) is 13.5. The van der Waals surface area contributed by atoms with E-state index in [0.29, 0.717) is 6.54 Å². The van der Waals surface area contributed by atoms with E-state index in [2.05, 4.69) is 10.1 Å². The quantitative estimate of drug-likeness (QED) is 0.578. The molecule has 0 N–H and O–H groups in total. The predicted octanol–water partition coefficient (Wildman–Crippen LogP) is 2.02. The SMILES string of the molecule is Cc1cnn(-c2ccc(CN=C=O)cc2)c1. The molecule has 1 heterocycles. The van der Waals surface area contributed by atoms with Gasteiger partial charge in [-0.15, -0.1) is 0 Å². The molecule has 0 aliphatic carbocycles. The topological polar surface area (TPSA) is 47.2 Å². The van der Waals surface area contributed by atoms with Gasteiger partial charge in [0.15, 0.2) is 0 Å². The van der Waals surface area contributed by atoms with Gasteiger partial charge < -0.3 is 0 Å². The lowest BCUT2D eigenvalue weighted by atomic mass is 10.2. The van der Waals surface area contributed by atoms with E-state index in [1.165, 1.54) is 6.08 Å². The zero-order valence-electron chi connectivity index (χ0n) is 8.92. The molecule has 0 aliphatic heterocycles. The third kappa shape index (κ3) is 2.24. The summed E-state index contributed by atoms with van der Waals surface area (Å²) in [7, 11) is 0. The van der Waals surface area contributed by atoms with Crippen LogP contribution in [0.1, 0.15) is 11.1 Å². The molecule has 0 radical (unpaired) electrons. The first kappa shape index (κ1) is 10.3. The number of hydrogen-bond acceptors (Lipinski definition) is 3. The fraction of sp³-hybridized carbons (Fsp3) is 0.167. The number of aliphatic imine (C=N–C) groups is 1. The number of rotatable bonds is 3. The predicted molar refractivity (Wildman–Crippen MR) is 60.1 cm³/mol. The number of carbonyl (C=O) groups excluding carboxylic acids is 1. The van der Waals surface area contributed by atoms with Crippen molar-refractivity contribution in [2.75, 3.05) is 0 Å². The molecule has 2 rings (SSSR count). The molecule has 1 aromatic heterocycles. The molecule has 2 aromatic rings. The summed E-state index contributed by atoms with van der Waals surface area (Å²) in [5.74, 6) is 0. The van der Waals surface area contributed by atoms with Gasteiger partial charge >= 0.3 is 0 Å². The van der Waals surface area contributed by atoms with Crippen LogP contribution in [-0.2, 0) is 11.3 Å². The zero-order valence-corrected chi connectivity index (χ0v) is 8.92. The van der Waals surface area contributed by atoms with E-state index in [1.54, 1.807) is 0 Å². The maximum atomic E-state index is 9.96. The van der Waals surface area contributed by atoms with Gasteiger partial charge in [0.1, 0.15) is 0 Å². The summed E-state index contributed by atoms with van der Waals surface area (Å²) in [5, 5.41) is 4.21. The van der Waals surface area contributed by atoms with E-state index in [9.17, 15) is 4.79 Å². The second kappa shape index (κ2) is 4.55. The third-order valence-corrected chi connectivity index (χ3v) is 2.24.